The molecule has 3 heterocycles. The van der Waals surface area contributed by atoms with Crippen molar-refractivity contribution in [2.75, 3.05) is 18.2 Å². The summed E-state index contributed by atoms with van der Waals surface area (Å²) in [6, 6.07) is 7.79. The molecule has 0 fully saturated rings. The van der Waals surface area contributed by atoms with Crippen molar-refractivity contribution in [3.63, 3.8) is 0 Å². The lowest BCUT2D eigenvalue weighted by atomic mass is 10.1. The minimum Gasteiger partial charge on any atom is -0.497 e. The molecule has 0 atom stereocenters. The van der Waals surface area contributed by atoms with Crippen LogP contribution in [0.3, 0.4) is 0 Å². The Morgan fingerprint density at radius 1 is 1.26 bits per heavy atom. The SMILES string of the molecule is COc1ccc(-c2c[nH]c3c(SCC(=O)Nc4nccs4)ncnc23)cc1. The van der Waals surface area contributed by atoms with Gasteiger partial charge in [0.1, 0.15) is 22.6 Å². The molecule has 1 amide bonds. The normalized spacial score (nSPS) is 10.9. The molecule has 0 unspecified atom stereocenters. The minimum atomic E-state index is -0.122. The van der Waals surface area contributed by atoms with Crippen LogP contribution >= 0.6 is 23.1 Å². The van der Waals surface area contributed by atoms with Crippen molar-refractivity contribution >= 4 is 45.2 Å². The molecule has 0 spiro atoms. The molecule has 0 aliphatic rings. The highest BCUT2D eigenvalue weighted by molar-refractivity contribution is 8.00. The zero-order valence-electron chi connectivity index (χ0n) is 14.3. The standard InChI is InChI=1S/C18H15N5O2S2/c1-25-12-4-2-11(3-5-12)13-8-20-16-15(13)21-10-22-17(16)27-9-14(24)23-18-19-6-7-26-18/h2-8,10,20H,9H2,1H3,(H,19,23,24). The summed E-state index contributed by atoms with van der Waals surface area (Å²) in [7, 11) is 1.64. The number of nitrogens with zero attached hydrogens (tertiary/aromatic N) is 3. The van der Waals surface area contributed by atoms with E-state index in [9.17, 15) is 4.79 Å². The highest BCUT2D eigenvalue weighted by Crippen LogP contribution is 2.32. The number of aromatic amines is 1. The average Bonchev–Trinajstić information content (AvgIpc) is 3.36. The third-order valence-electron chi connectivity index (χ3n) is 3.85. The summed E-state index contributed by atoms with van der Waals surface area (Å²) in [5.74, 6) is 0.919. The second kappa shape index (κ2) is 7.77. The minimum absolute atomic E-state index is 0.122. The third-order valence-corrected chi connectivity index (χ3v) is 5.53. The Kier molecular flexibility index (Phi) is 5.03. The summed E-state index contributed by atoms with van der Waals surface area (Å²) in [4.78, 5) is 28.1. The summed E-state index contributed by atoms with van der Waals surface area (Å²) in [5.41, 5.74) is 3.63. The Bertz CT molecular complexity index is 1060. The molecule has 136 valence electrons. The molecule has 27 heavy (non-hydrogen) atoms. The fourth-order valence-corrected chi connectivity index (χ4v) is 3.90. The zero-order valence-corrected chi connectivity index (χ0v) is 15.9. The van der Waals surface area contributed by atoms with Gasteiger partial charge < -0.3 is 15.0 Å². The van der Waals surface area contributed by atoms with Gasteiger partial charge in [0, 0.05) is 23.3 Å². The molecule has 0 aliphatic carbocycles. The number of ether oxygens (including phenoxy) is 1. The number of aromatic nitrogens is 4. The summed E-state index contributed by atoms with van der Waals surface area (Å²) in [5, 5.41) is 5.90. The number of amides is 1. The molecule has 3 aromatic heterocycles. The van der Waals surface area contributed by atoms with Crippen LogP contribution in [-0.2, 0) is 4.79 Å². The fourth-order valence-electron chi connectivity index (χ4n) is 2.59. The molecule has 0 bridgehead atoms. The maximum Gasteiger partial charge on any atom is 0.236 e. The molecule has 9 heteroatoms. The Hall–Kier alpha value is -2.91. The van der Waals surface area contributed by atoms with Crippen LogP contribution < -0.4 is 10.1 Å². The summed E-state index contributed by atoms with van der Waals surface area (Å²) in [6.07, 6.45) is 5.08. The summed E-state index contributed by atoms with van der Waals surface area (Å²) < 4.78 is 5.21. The number of methoxy groups -OCH3 is 1. The first-order valence-electron chi connectivity index (χ1n) is 8.03. The van der Waals surface area contributed by atoms with Crippen LogP contribution in [0.25, 0.3) is 22.2 Å². The van der Waals surface area contributed by atoms with E-state index >= 15 is 0 Å². The van der Waals surface area contributed by atoms with Crippen LogP contribution in [0.4, 0.5) is 5.13 Å². The number of fused-ring (bicyclic) bond motifs is 1. The Labute approximate surface area is 163 Å². The number of benzene rings is 1. The average molecular weight is 397 g/mol. The molecule has 0 saturated heterocycles. The van der Waals surface area contributed by atoms with Crippen LogP contribution in [-0.4, -0.2) is 38.7 Å². The summed E-state index contributed by atoms with van der Waals surface area (Å²) >= 11 is 2.74. The Morgan fingerprint density at radius 2 is 2.11 bits per heavy atom. The van der Waals surface area contributed by atoms with Gasteiger partial charge in [-0.05, 0) is 17.7 Å². The van der Waals surface area contributed by atoms with Crippen molar-refractivity contribution in [1.29, 1.82) is 0 Å². The largest absolute Gasteiger partial charge is 0.497 e. The number of thiazole rings is 1. The van der Waals surface area contributed by atoms with Crippen molar-refractivity contribution in [3.8, 4) is 16.9 Å². The second-order valence-electron chi connectivity index (χ2n) is 5.51. The maximum absolute atomic E-state index is 12.1. The van der Waals surface area contributed by atoms with E-state index in [1.165, 1.54) is 29.4 Å². The van der Waals surface area contributed by atoms with Gasteiger partial charge in [0.25, 0.3) is 0 Å². The number of hydrogen-bond donors (Lipinski definition) is 2. The molecule has 7 nitrogen and oxygen atoms in total. The highest BCUT2D eigenvalue weighted by atomic mass is 32.2. The number of hydrogen-bond acceptors (Lipinski definition) is 7. The van der Waals surface area contributed by atoms with Gasteiger partial charge in [-0.25, -0.2) is 15.0 Å². The molecule has 4 rings (SSSR count). The number of rotatable bonds is 6. The molecular weight excluding hydrogens is 382 g/mol. The maximum atomic E-state index is 12.1. The quantitative estimate of drug-likeness (QED) is 0.379. The Morgan fingerprint density at radius 3 is 2.85 bits per heavy atom. The van der Waals surface area contributed by atoms with E-state index in [2.05, 4.69) is 25.3 Å². The van der Waals surface area contributed by atoms with Crippen LogP contribution in [0.1, 0.15) is 0 Å². The lowest BCUT2D eigenvalue weighted by molar-refractivity contribution is -0.113. The first-order chi connectivity index (χ1) is 13.2. The van der Waals surface area contributed by atoms with Crippen molar-refractivity contribution in [2.45, 2.75) is 5.03 Å². The lowest BCUT2D eigenvalue weighted by Crippen LogP contribution is -2.13. The fraction of sp³-hybridized carbons (Fsp3) is 0.111. The molecule has 1 aromatic carbocycles. The lowest BCUT2D eigenvalue weighted by Gasteiger charge is -2.04. The van der Waals surface area contributed by atoms with Crippen LogP contribution in [0, 0.1) is 0 Å². The molecule has 4 aromatic rings. The second-order valence-corrected chi connectivity index (χ2v) is 7.37. The van der Waals surface area contributed by atoms with E-state index < -0.39 is 0 Å². The van der Waals surface area contributed by atoms with Crippen LogP contribution in [0.5, 0.6) is 5.75 Å². The highest BCUT2D eigenvalue weighted by Gasteiger charge is 2.14. The number of nitrogens with one attached hydrogen (secondary N) is 2. The van der Waals surface area contributed by atoms with Gasteiger partial charge in [-0.15, -0.1) is 11.3 Å². The number of carbonyl (C=O) groups is 1. The number of anilines is 1. The van der Waals surface area contributed by atoms with Gasteiger partial charge in [0.15, 0.2) is 5.13 Å². The molecule has 0 saturated carbocycles. The van der Waals surface area contributed by atoms with Gasteiger partial charge >= 0.3 is 0 Å². The van der Waals surface area contributed by atoms with E-state index in [4.69, 9.17) is 4.74 Å². The van der Waals surface area contributed by atoms with Gasteiger partial charge in [-0.1, -0.05) is 23.9 Å². The first-order valence-corrected chi connectivity index (χ1v) is 9.90. The van der Waals surface area contributed by atoms with E-state index in [1.807, 2.05) is 35.8 Å². The number of thioether (sulfide) groups is 1. The van der Waals surface area contributed by atoms with Crippen molar-refractivity contribution in [2.24, 2.45) is 0 Å². The molecule has 0 radical (unpaired) electrons. The smallest absolute Gasteiger partial charge is 0.236 e. The Balaban J connectivity index is 1.54. The molecular formula is C18H15N5O2S2. The summed E-state index contributed by atoms with van der Waals surface area (Å²) in [6.45, 7) is 0. The predicted molar refractivity (Wildman–Crippen MR) is 107 cm³/mol. The predicted octanol–water partition coefficient (Wildman–Crippen LogP) is 3.82. The van der Waals surface area contributed by atoms with Gasteiger partial charge in [0.2, 0.25) is 5.91 Å². The van der Waals surface area contributed by atoms with Gasteiger partial charge in [-0.3, -0.25) is 4.79 Å². The molecule has 0 aliphatic heterocycles. The van der Waals surface area contributed by atoms with E-state index in [0.29, 0.717) is 5.13 Å². The zero-order chi connectivity index (χ0) is 18.6. The first kappa shape index (κ1) is 17.5. The number of carbonyl (C=O) groups excluding carboxylic acids is 1. The van der Waals surface area contributed by atoms with Crippen molar-refractivity contribution < 1.29 is 9.53 Å². The van der Waals surface area contributed by atoms with Crippen molar-refractivity contribution in [3.05, 3.63) is 48.4 Å². The van der Waals surface area contributed by atoms with Gasteiger partial charge in [0.05, 0.1) is 18.4 Å². The monoisotopic (exact) mass is 397 g/mol. The van der Waals surface area contributed by atoms with Crippen LogP contribution in [0.2, 0.25) is 0 Å². The topological polar surface area (TPSA) is 92.8 Å². The van der Waals surface area contributed by atoms with E-state index in [0.717, 1.165) is 32.9 Å². The van der Waals surface area contributed by atoms with Crippen molar-refractivity contribution in [1.82, 2.24) is 19.9 Å². The van der Waals surface area contributed by atoms with Gasteiger partial charge in [-0.2, -0.15) is 0 Å². The van der Waals surface area contributed by atoms with E-state index in [-0.39, 0.29) is 11.7 Å². The van der Waals surface area contributed by atoms with Crippen LogP contribution in [0.15, 0.2) is 53.4 Å². The third kappa shape index (κ3) is 3.79. The van der Waals surface area contributed by atoms with E-state index in [1.54, 1.807) is 13.3 Å². The number of H-pyrrole nitrogens is 1. The molecule has 2 N–H and O–H groups in total.